The fourth-order valence-corrected chi connectivity index (χ4v) is 4.17. The molecule has 1 atom stereocenters. The largest absolute Gasteiger partial charge is 0.361 e. The molecule has 0 radical (unpaired) electrons. The van der Waals surface area contributed by atoms with Gasteiger partial charge in [-0.15, -0.1) is 0 Å². The summed E-state index contributed by atoms with van der Waals surface area (Å²) >= 11 is 0. The van der Waals surface area contributed by atoms with Gasteiger partial charge in [-0.25, -0.2) is 14.8 Å². The lowest BCUT2D eigenvalue weighted by atomic mass is 10.1. The number of hydrogen-bond acceptors (Lipinski definition) is 4. The molecule has 0 saturated carbocycles. The summed E-state index contributed by atoms with van der Waals surface area (Å²) in [6, 6.07) is 8.33. The normalized spacial score (nSPS) is 17.6. The van der Waals surface area contributed by atoms with Gasteiger partial charge in [0.1, 0.15) is 0 Å². The molecule has 0 aliphatic carbocycles. The number of anilines is 1. The van der Waals surface area contributed by atoms with Crippen LogP contribution in [-0.2, 0) is 6.42 Å². The Hall–Kier alpha value is -2.91. The summed E-state index contributed by atoms with van der Waals surface area (Å²) in [5, 5.41) is 1.19. The minimum atomic E-state index is 0.502. The van der Waals surface area contributed by atoms with Crippen LogP contribution in [-0.4, -0.2) is 52.1 Å². The number of aromatic nitrogens is 3. The molecule has 2 aromatic heterocycles. The van der Waals surface area contributed by atoms with Crippen LogP contribution in [0.15, 0.2) is 36.7 Å². The molecule has 1 fully saturated rings. The predicted octanol–water partition coefficient (Wildman–Crippen LogP) is 4.35. The van der Waals surface area contributed by atoms with Crippen molar-refractivity contribution in [1.29, 1.82) is 0 Å². The molecule has 29 heavy (non-hydrogen) atoms. The zero-order valence-corrected chi connectivity index (χ0v) is 17.2. The summed E-state index contributed by atoms with van der Waals surface area (Å²) in [6.07, 6.45) is 7.33. The van der Waals surface area contributed by atoms with Gasteiger partial charge in [-0.1, -0.05) is 6.07 Å². The van der Waals surface area contributed by atoms with Gasteiger partial charge in [-0.2, -0.15) is 0 Å². The number of hydrogen-bond donors (Lipinski definition) is 1. The van der Waals surface area contributed by atoms with E-state index >= 15 is 0 Å². The van der Waals surface area contributed by atoms with Crippen LogP contribution in [0.2, 0.25) is 0 Å². The van der Waals surface area contributed by atoms with Crippen molar-refractivity contribution < 1.29 is 0 Å². The lowest BCUT2D eigenvalue weighted by molar-refractivity contribution is 0.185. The molecule has 1 unspecified atom stereocenters. The number of unbranched alkanes of at least 4 members (excludes halogenated alkanes) is 1. The minimum Gasteiger partial charge on any atom is -0.361 e. The summed E-state index contributed by atoms with van der Waals surface area (Å²) in [7, 11) is 0. The number of aryl methyl sites for hydroxylation is 2. The fraction of sp³-hybridized carbons (Fsp3) is 0.435. The van der Waals surface area contributed by atoms with Crippen LogP contribution >= 0.6 is 0 Å². The highest BCUT2D eigenvalue weighted by Gasteiger charge is 2.24. The zero-order chi connectivity index (χ0) is 20.2. The SMILES string of the molecule is [C-]#[N+]c1ccc2[nH]cc(CCCCN3CCN(c4nccc(C)n4)CC3C)c2c1. The van der Waals surface area contributed by atoms with Crippen molar-refractivity contribution in [2.75, 3.05) is 31.1 Å². The Morgan fingerprint density at radius 2 is 2.14 bits per heavy atom. The number of nitrogens with one attached hydrogen (secondary N) is 1. The quantitative estimate of drug-likeness (QED) is 0.504. The van der Waals surface area contributed by atoms with E-state index in [1.807, 2.05) is 37.4 Å². The molecule has 1 N–H and O–H groups in total. The van der Waals surface area contributed by atoms with E-state index in [2.05, 4.69) is 42.7 Å². The van der Waals surface area contributed by atoms with Crippen molar-refractivity contribution in [2.45, 2.75) is 39.2 Å². The molecule has 4 rings (SSSR count). The molecule has 6 nitrogen and oxygen atoms in total. The first kappa shape index (κ1) is 19.4. The molecule has 1 aliphatic heterocycles. The van der Waals surface area contributed by atoms with Crippen LogP contribution in [0, 0.1) is 13.5 Å². The third-order valence-corrected chi connectivity index (χ3v) is 5.85. The number of benzene rings is 1. The van der Waals surface area contributed by atoms with E-state index in [0.29, 0.717) is 11.7 Å². The van der Waals surface area contributed by atoms with Crippen LogP contribution in [0.4, 0.5) is 11.6 Å². The summed E-state index contributed by atoms with van der Waals surface area (Å²) < 4.78 is 0. The molecule has 1 saturated heterocycles. The van der Waals surface area contributed by atoms with Crippen LogP contribution in [0.3, 0.4) is 0 Å². The lowest BCUT2D eigenvalue weighted by Gasteiger charge is -2.40. The Kier molecular flexibility index (Phi) is 5.77. The Labute approximate surface area is 172 Å². The first-order valence-corrected chi connectivity index (χ1v) is 10.4. The molecule has 150 valence electrons. The molecular formula is C23H28N6. The topological polar surface area (TPSA) is 52.4 Å². The molecule has 6 heteroatoms. The highest BCUT2D eigenvalue weighted by molar-refractivity contribution is 5.86. The Morgan fingerprint density at radius 3 is 2.93 bits per heavy atom. The number of piperazine rings is 1. The van der Waals surface area contributed by atoms with Gasteiger partial charge in [0.05, 0.1) is 6.57 Å². The van der Waals surface area contributed by atoms with Gasteiger partial charge in [0.25, 0.3) is 0 Å². The van der Waals surface area contributed by atoms with Gasteiger partial charge < -0.3 is 9.88 Å². The summed E-state index contributed by atoms with van der Waals surface area (Å²) in [6.45, 7) is 15.7. The fourth-order valence-electron chi connectivity index (χ4n) is 4.17. The van der Waals surface area contributed by atoms with Crippen molar-refractivity contribution in [3.05, 3.63) is 59.3 Å². The summed E-state index contributed by atoms with van der Waals surface area (Å²) in [5.41, 5.74) is 4.17. The Bertz CT molecular complexity index is 1020. The van der Waals surface area contributed by atoms with E-state index in [-0.39, 0.29) is 0 Å². The summed E-state index contributed by atoms with van der Waals surface area (Å²) in [5.74, 6) is 0.856. The monoisotopic (exact) mass is 388 g/mol. The van der Waals surface area contributed by atoms with Crippen molar-refractivity contribution in [3.63, 3.8) is 0 Å². The minimum absolute atomic E-state index is 0.502. The molecule has 0 bridgehead atoms. The lowest BCUT2D eigenvalue weighted by Crippen LogP contribution is -2.52. The molecule has 3 aromatic rings. The zero-order valence-electron chi connectivity index (χ0n) is 17.2. The highest BCUT2D eigenvalue weighted by Crippen LogP contribution is 2.25. The molecule has 0 amide bonds. The molecule has 3 heterocycles. The van der Waals surface area contributed by atoms with Gasteiger partial charge in [0.2, 0.25) is 5.95 Å². The van der Waals surface area contributed by atoms with Crippen LogP contribution in [0.1, 0.15) is 31.0 Å². The van der Waals surface area contributed by atoms with E-state index in [9.17, 15) is 0 Å². The second-order valence-electron chi connectivity index (χ2n) is 7.94. The predicted molar refractivity (Wildman–Crippen MR) is 118 cm³/mol. The maximum Gasteiger partial charge on any atom is 0.225 e. The average Bonchev–Trinajstić information content (AvgIpc) is 3.14. The number of rotatable bonds is 6. The van der Waals surface area contributed by atoms with Gasteiger partial charge in [0, 0.05) is 49.3 Å². The molecular weight excluding hydrogens is 360 g/mol. The maximum atomic E-state index is 7.22. The standard InChI is InChI=1S/C23H28N6/c1-17-9-10-25-23(27-17)29-13-12-28(18(2)16-29)11-5-4-6-19-15-26-22-8-7-20(24-3)14-21(19)22/h7-10,14-15,18,26H,4-6,11-13,16H2,1-2H3. The first-order chi connectivity index (χ1) is 14.1. The molecule has 1 aliphatic rings. The second-order valence-corrected chi connectivity index (χ2v) is 7.94. The van der Waals surface area contributed by atoms with E-state index in [1.54, 1.807) is 0 Å². The van der Waals surface area contributed by atoms with E-state index in [0.717, 1.165) is 56.2 Å². The number of aromatic amines is 1. The average molecular weight is 389 g/mol. The van der Waals surface area contributed by atoms with Gasteiger partial charge in [-0.3, -0.25) is 4.90 Å². The highest BCUT2D eigenvalue weighted by atomic mass is 15.3. The van der Waals surface area contributed by atoms with Crippen molar-refractivity contribution >= 4 is 22.5 Å². The van der Waals surface area contributed by atoms with Gasteiger partial charge in [-0.05, 0) is 68.8 Å². The molecule has 1 aromatic carbocycles. The molecule has 0 spiro atoms. The third kappa shape index (κ3) is 4.41. The van der Waals surface area contributed by atoms with Crippen LogP contribution in [0.5, 0.6) is 0 Å². The number of fused-ring (bicyclic) bond motifs is 1. The van der Waals surface area contributed by atoms with E-state index < -0.39 is 0 Å². The third-order valence-electron chi connectivity index (χ3n) is 5.85. The van der Waals surface area contributed by atoms with E-state index in [4.69, 9.17) is 6.57 Å². The first-order valence-electron chi connectivity index (χ1n) is 10.4. The second kappa shape index (κ2) is 8.62. The van der Waals surface area contributed by atoms with Crippen molar-refractivity contribution in [1.82, 2.24) is 19.9 Å². The number of nitrogens with zero attached hydrogens (tertiary/aromatic N) is 5. The van der Waals surface area contributed by atoms with Crippen molar-refractivity contribution in [2.24, 2.45) is 0 Å². The summed E-state index contributed by atoms with van der Waals surface area (Å²) in [4.78, 5) is 20.8. The smallest absolute Gasteiger partial charge is 0.225 e. The van der Waals surface area contributed by atoms with Gasteiger partial charge in [0.15, 0.2) is 5.69 Å². The van der Waals surface area contributed by atoms with Gasteiger partial charge >= 0.3 is 0 Å². The Morgan fingerprint density at radius 1 is 1.24 bits per heavy atom. The Balaban J connectivity index is 1.27. The maximum absolute atomic E-state index is 7.22. The van der Waals surface area contributed by atoms with Crippen LogP contribution in [0.25, 0.3) is 15.7 Å². The number of H-pyrrole nitrogens is 1. The van der Waals surface area contributed by atoms with Crippen LogP contribution < -0.4 is 4.90 Å². The van der Waals surface area contributed by atoms with E-state index in [1.165, 1.54) is 17.4 Å². The van der Waals surface area contributed by atoms with Crippen molar-refractivity contribution in [3.8, 4) is 0 Å².